The van der Waals surface area contributed by atoms with Gasteiger partial charge in [0.25, 0.3) is 0 Å². The van der Waals surface area contributed by atoms with E-state index in [1.165, 1.54) is 4.90 Å². The molecule has 1 aromatic carbocycles. The molecule has 1 aliphatic rings. The van der Waals surface area contributed by atoms with Gasteiger partial charge in [0, 0.05) is 24.0 Å². The summed E-state index contributed by atoms with van der Waals surface area (Å²) in [5, 5.41) is 0. The van der Waals surface area contributed by atoms with E-state index < -0.39 is 0 Å². The van der Waals surface area contributed by atoms with Gasteiger partial charge in [0.05, 0.1) is 13.0 Å². The summed E-state index contributed by atoms with van der Waals surface area (Å²) in [6, 6.07) is 12.4. The van der Waals surface area contributed by atoms with Crippen molar-refractivity contribution in [2.75, 3.05) is 11.4 Å². The highest BCUT2D eigenvalue weighted by atomic mass is 16.5. The van der Waals surface area contributed by atoms with Crippen LogP contribution in [-0.4, -0.2) is 23.2 Å². The first-order chi connectivity index (χ1) is 9.72. The molecule has 0 aliphatic carbocycles. The Bertz CT molecular complexity index is 655. The number of benzene rings is 1. The number of carbonyl (C=O) groups excluding carboxylic acids is 2. The minimum atomic E-state index is -0.176. The maximum Gasteiger partial charge on any atom is 0.234 e. The van der Waals surface area contributed by atoms with E-state index in [9.17, 15) is 9.59 Å². The van der Waals surface area contributed by atoms with Gasteiger partial charge in [0.1, 0.15) is 5.75 Å². The van der Waals surface area contributed by atoms with Crippen LogP contribution in [0.5, 0.6) is 11.6 Å². The fraction of sp³-hybridized carbons (Fsp3) is 0.133. The number of aromatic nitrogens is 1. The first-order valence-corrected chi connectivity index (χ1v) is 6.23. The topological polar surface area (TPSA) is 59.5 Å². The first kappa shape index (κ1) is 12.3. The highest BCUT2D eigenvalue weighted by Crippen LogP contribution is 2.26. The van der Waals surface area contributed by atoms with Gasteiger partial charge in [0.2, 0.25) is 11.8 Å². The van der Waals surface area contributed by atoms with Crippen molar-refractivity contribution in [3.63, 3.8) is 0 Å². The molecule has 0 unspecified atom stereocenters. The summed E-state index contributed by atoms with van der Waals surface area (Å²) in [6.45, 7) is 0.131. The van der Waals surface area contributed by atoms with Gasteiger partial charge in [-0.3, -0.25) is 9.59 Å². The smallest absolute Gasteiger partial charge is 0.234 e. The van der Waals surface area contributed by atoms with E-state index in [1.807, 2.05) is 6.07 Å². The zero-order valence-corrected chi connectivity index (χ0v) is 10.7. The molecule has 5 nitrogen and oxygen atoms in total. The molecule has 2 aromatic rings. The third-order valence-electron chi connectivity index (χ3n) is 2.97. The van der Waals surface area contributed by atoms with Crippen LogP contribution in [0.3, 0.4) is 0 Å². The average molecular weight is 268 g/mol. The van der Waals surface area contributed by atoms with Gasteiger partial charge in [0.15, 0.2) is 5.78 Å². The molecular weight excluding hydrogens is 256 g/mol. The SMILES string of the molecule is O=C1CC(=O)N(c2cccc(Oc3ccccn3)c2)C1. The van der Waals surface area contributed by atoms with Crippen molar-refractivity contribution in [2.24, 2.45) is 0 Å². The lowest BCUT2D eigenvalue weighted by molar-refractivity contribution is -0.121. The van der Waals surface area contributed by atoms with Crippen LogP contribution >= 0.6 is 0 Å². The van der Waals surface area contributed by atoms with E-state index in [2.05, 4.69) is 4.98 Å². The van der Waals surface area contributed by atoms with Crippen LogP contribution in [0.4, 0.5) is 5.69 Å². The Hall–Kier alpha value is -2.69. The summed E-state index contributed by atoms with van der Waals surface area (Å²) >= 11 is 0. The highest BCUT2D eigenvalue weighted by molar-refractivity contribution is 6.15. The molecule has 1 aromatic heterocycles. The Balaban J connectivity index is 1.83. The summed E-state index contributed by atoms with van der Waals surface area (Å²) < 4.78 is 5.61. The highest BCUT2D eigenvalue weighted by Gasteiger charge is 2.28. The van der Waals surface area contributed by atoms with E-state index in [0.29, 0.717) is 17.3 Å². The number of nitrogens with zero attached hydrogens (tertiary/aromatic N) is 2. The summed E-state index contributed by atoms with van der Waals surface area (Å²) in [5.74, 6) is 0.817. The molecule has 0 atom stereocenters. The molecule has 1 aliphatic heterocycles. The van der Waals surface area contributed by atoms with Crippen LogP contribution in [-0.2, 0) is 9.59 Å². The predicted molar refractivity (Wildman–Crippen MR) is 72.7 cm³/mol. The van der Waals surface area contributed by atoms with Crippen LogP contribution in [0.1, 0.15) is 6.42 Å². The largest absolute Gasteiger partial charge is 0.439 e. The minimum absolute atomic E-state index is 0.0225. The van der Waals surface area contributed by atoms with E-state index in [-0.39, 0.29) is 24.7 Å². The lowest BCUT2D eigenvalue weighted by Gasteiger charge is -2.15. The molecule has 1 amide bonds. The standard InChI is InChI=1S/C15H12N2O3/c18-12-9-15(19)17(10-12)11-4-3-5-13(8-11)20-14-6-1-2-7-16-14/h1-8H,9-10H2. The molecule has 100 valence electrons. The monoisotopic (exact) mass is 268 g/mol. The number of ketones is 1. The molecule has 0 saturated carbocycles. The number of amides is 1. The van der Waals surface area contributed by atoms with Crippen molar-refractivity contribution < 1.29 is 14.3 Å². The van der Waals surface area contributed by atoms with Gasteiger partial charge >= 0.3 is 0 Å². The second-order valence-corrected chi connectivity index (χ2v) is 4.46. The fourth-order valence-corrected chi connectivity index (χ4v) is 2.06. The summed E-state index contributed by atoms with van der Waals surface area (Å²) in [4.78, 5) is 28.6. The van der Waals surface area contributed by atoms with Crippen molar-refractivity contribution in [3.05, 3.63) is 48.7 Å². The van der Waals surface area contributed by atoms with Crippen molar-refractivity contribution in [1.82, 2.24) is 4.98 Å². The lowest BCUT2D eigenvalue weighted by Crippen LogP contribution is -2.24. The third kappa shape index (κ3) is 2.51. The Morgan fingerprint density at radius 1 is 1.10 bits per heavy atom. The van der Waals surface area contributed by atoms with Crippen LogP contribution in [0.2, 0.25) is 0 Å². The quantitative estimate of drug-likeness (QED) is 0.800. The molecular formula is C15H12N2O3. The molecule has 20 heavy (non-hydrogen) atoms. The van der Waals surface area contributed by atoms with Crippen LogP contribution in [0.15, 0.2) is 48.7 Å². The average Bonchev–Trinajstić information content (AvgIpc) is 2.79. The third-order valence-corrected chi connectivity index (χ3v) is 2.97. The number of carbonyl (C=O) groups is 2. The van der Waals surface area contributed by atoms with Crippen molar-refractivity contribution in [1.29, 1.82) is 0 Å². The maximum absolute atomic E-state index is 11.7. The number of Topliss-reactive ketones (excluding diaryl/α,β-unsaturated/α-hetero) is 1. The molecule has 5 heteroatoms. The van der Waals surface area contributed by atoms with Gasteiger partial charge in [-0.05, 0) is 18.2 Å². The Morgan fingerprint density at radius 2 is 2.00 bits per heavy atom. The Morgan fingerprint density at radius 3 is 2.70 bits per heavy atom. The minimum Gasteiger partial charge on any atom is -0.439 e. The molecule has 1 fully saturated rings. The maximum atomic E-state index is 11.7. The molecule has 0 radical (unpaired) electrons. The van der Waals surface area contributed by atoms with Gasteiger partial charge in [-0.25, -0.2) is 4.98 Å². The van der Waals surface area contributed by atoms with Crippen LogP contribution < -0.4 is 9.64 Å². The predicted octanol–water partition coefficient (Wildman–Crippen LogP) is 2.18. The summed E-state index contributed by atoms with van der Waals surface area (Å²) in [7, 11) is 0. The summed E-state index contributed by atoms with van der Waals surface area (Å²) in [5.41, 5.74) is 0.661. The van der Waals surface area contributed by atoms with E-state index >= 15 is 0 Å². The number of pyridine rings is 1. The molecule has 0 N–H and O–H groups in total. The molecule has 0 bridgehead atoms. The van der Waals surface area contributed by atoms with Gasteiger partial charge in [-0.2, -0.15) is 0 Å². The molecule has 2 heterocycles. The number of ether oxygens (including phenoxy) is 1. The zero-order valence-electron chi connectivity index (χ0n) is 10.7. The van der Waals surface area contributed by atoms with E-state index in [0.717, 1.165) is 0 Å². The first-order valence-electron chi connectivity index (χ1n) is 6.23. The lowest BCUT2D eigenvalue weighted by atomic mass is 10.3. The van der Waals surface area contributed by atoms with Crippen molar-refractivity contribution >= 4 is 17.4 Å². The van der Waals surface area contributed by atoms with Crippen molar-refractivity contribution in [3.8, 4) is 11.6 Å². The molecule has 3 rings (SSSR count). The van der Waals surface area contributed by atoms with Gasteiger partial charge in [-0.1, -0.05) is 12.1 Å². The number of hydrogen-bond acceptors (Lipinski definition) is 4. The van der Waals surface area contributed by atoms with E-state index in [4.69, 9.17) is 4.74 Å². The second kappa shape index (κ2) is 5.13. The van der Waals surface area contributed by atoms with E-state index in [1.54, 1.807) is 42.6 Å². The Kier molecular flexibility index (Phi) is 3.16. The number of hydrogen-bond donors (Lipinski definition) is 0. The van der Waals surface area contributed by atoms with Crippen LogP contribution in [0, 0.1) is 0 Å². The van der Waals surface area contributed by atoms with Crippen molar-refractivity contribution in [2.45, 2.75) is 6.42 Å². The molecule has 0 spiro atoms. The normalized spacial score (nSPS) is 14.7. The van der Waals surface area contributed by atoms with Gasteiger partial charge < -0.3 is 9.64 Å². The van der Waals surface area contributed by atoms with Gasteiger partial charge in [-0.15, -0.1) is 0 Å². The summed E-state index contributed by atoms with van der Waals surface area (Å²) in [6.07, 6.45) is 1.62. The second-order valence-electron chi connectivity index (χ2n) is 4.46. The molecule has 1 saturated heterocycles. The fourth-order valence-electron chi connectivity index (χ4n) is 2.06. The zero-order chi connectivity index (χ0) is 13.9. The Labute approximate surface area is 115 Å². The van der Waals surface area contributed by atoms with Crippen LogP contribution in [0.25, 0.3) is 0 Å². The number of rotatable bonds is 3. The number of anilines is 1.